The van der Waals surface area contributed by atoms with Gasteiger partial charge in [-0.05, 0) is 61.4 Å². The Kier molecular flexibility index (Phi) is 18.8. The van der Waals surface area contributed by atoms with Crippen molar-refractivity contribution in [2.45, 2.75) is 101 Å². The highest BCUT2D eigenvalue weighted by atomic mass is 16.6. The molecule has 1 fully saturated rings. The molecule has 1 aliphatic rings. The summed E-state index contributed by atoms with van der Waals surface area (Å²) in [6, 6.07) is 13.1. The first kappa shape index (κ1) is 42.1. The van der Waals surface area contributed by atoms with E-state index in [1.165, 1.54) is 12.1 Å². The molecule has 3 rings (SSSR count). The molecule has 1 aliphatic heterocycles. The van der Waals surface area contributed by atoms with Crippen molar-refractivity contribution in [3.63, 3.8) is 0 Å². The second-order valence-corrected chi connectivity index (χ2v) is 12.6. The second-order valence-electron chi connectivity index (χ2n) is 12.6. The minimum Gasteiger partial charge on any atom is -0.396 e. The van der Waals surface area contributed by atoms with Crippen LogP contribution in [0.5, 0.6) is 0 Å². The van der Waals surface area contributed by atoms with Crippen LogP contribution in [0.2, 0.25) is 0 Å². The molecule has 2 aromatic rings. The van der Waals surface area contributed by atoms with Crippen molar-refractivity contribution in [1.29, 1.82) is 0 Å². The van der Waals surface area contributed by atoms with Gasteiger partial charge in [0.1, 0.15) is 24.4 Å². The van der Waals surface area contributed by atoms with E-state index in [-0.39, 0.29) is 30.4 Å². The van der Waals surface area contributed by atoms with E-state index in [0.717, 1.165) is 57.8 Å². The molecule has 0 bridgehead atoms. The molecule has 0 spiro atoms. The number of rotatable bonds is 22. The van der Waals surface area contributed by atoms with Gasteiger partial charge in [0.15, 0.2) is 6.23 Å². The third-order valence-corrected chi connectivity index (χ3v) is 8.41. The van der Waals surface area contributed by atoms with E-state index in [1.54, 1.807) is 36.4 Å². The van der Waals surface area contributed by atoms with Crippen LogP contribution in [0.1, 0.15) is 81.0 Å². The van der Waals surface area contributed by atoms with Crippen molar-refractivity contribution in [1.82, 2.24) is 16.0 Å². The molecule has 0 aromatic heterocycles. The molecule has 2 aromatic carbocycles. The van der Waals surface area contributed by atoms with Crippen molar-refractivity contribution in [2.24, 2.45) is 10.2 Å². The van der Waals surface area contributed by atoms with Crippen molar-refractivity contribution in [3.8, 4) is 0 Å². The van der Waals surface area contributed by atoms with Crippen molar-refractivity contribution in [2.75, 3.05) is 31.6 Å². The third-order valence-electron chi connectivity index (χ3n) is 8.41. The molecule has 0 unspecified atom stereocenters. The molecule has 0 saturated carbocycles. The lowest BCUT2D eigenvalue weighted by atomic mass is 9.98. The van der Waals surface area contributed by atoms with Gasteiger partial charge in [-0.1, -0.05) is 44.9 Å². The lowest BCUT2D eigenvalue weighted by molar-refractivity contribution is -0.235. The highest BCUT2D eigenvalue weighted by Crippen LogP contribution is 2.22. The third kappa shape index (κ3) is 15.1. The van der Waals surface area contributed by atoms with Crippen molar-refractivity contribution >= 4 is 40.7 Å². The predicted octanol–water partition coefficient (Wildman–Crippen LogP) is 2.09. The van der Waals surface area contributed by atoms with Gasteiger partial charge in [-0.25, -0.2) is 0 Å². The van der Waals surface area contributed by atoms with E-state index in [0.29, 0.717) is 30.0 Å². The van der Waals surface area contributed by atoms with Gasteiger partial charge in [-0.2, -0.15) is 10.2 Å². The number of aliphatic hydroxyl groups is 5. The lowest BCUT2D eigenvalue weighted by Gasteiger charge is -2.40. The van der Waals surface area contributed by atoms with E-state index >= 15 is 0 Å². The summed E-state index contributed by atoms with van der Waals surface area (Å²) < 4.78 is 5.23. The van der Waals surface area contributed by atoms with E-state index in [2.05, 4.69) is 31.5 Å². The minimum absolute atomic E-state index is 0.0426. The van der Waals surface area contributed by atoms with Gasteiger partial charge in [0.05, 0.1) is 31.1 Å². The average Bonchev–Trinajstić information content (AvgIpc) is 3.14. The van der Waals surface area contributed by atoms with Crippen LogP contribution in [0.4, 0.5) is 17.1 Å². The summed E-state index contributed by atoms with van der Waals surface area (Å²) >= 11 is 0. The molecular weight excluding hydrogens is 676 g/mol. The van der Waals surface area contributed by atoms with Gasteiger partial charge in [0.25, 0.3) is 5.91 Å². The van der Waals surface area contributed by atoms with Gasteiger partial charge in [0, 0.05) is 30.6 Å². The number of hydrogen-bond donors (Lipinski definition) is 9. The summed E-state index contributed by atoms with van der Waals surface area (Å²) in [5.74, 6) is -1.42. The Bertz CT molecular complexity index is 1420. The zero-order chi connectivity index (χ0) is 37.7. The number of ether oxygens (including phenoxy) is 1. The fourth-order valence-electron chi connectivity index (χ4n) is 5.39. The van der Waals surface area contributed by atoms with Gasteiger partial charge in [-0.15, -0.1) is 0 Å². The average molecular weight is 729 g/mol. The number of nitrogens with zero attached hydrogens (tertiary/aromatic N) is 2. The standard InChI is InChI=1S/C36H52N6O10/c43-21-19-29(45)37-20-9-7-5-3-1-2-4-6-8-10-30(46)39-25-15-17-27(18-16-25)42-41-26-13-11-24(12-14-26)35(51)38-22-31(47)40-36-34(50)33(49)32(48)28(23-44)52-36/h11-18,28,32-34,36,43-44,48-50H,1-10,19-23H2,(H,37,45)(H,38,51)(H,39,46)(H,40,47)/t28-,32-,33+,34-,36-/m1/s1. The maximum Gasteiger partial charge on any atom is 0.251 e. The van der Waals surface area contributed by atoms with Crippen LogP contribution >= 0.6 is 0 Å². The lowest BCUT2D eigenvalue weighted by Crippen LogP contribution is -2.63. The number of hydrogen-bond acceptors (Lipinski definition) is 12. The smallest absolute Gasteiger partial charge is 0.251 e. The van der Waals surface area contributed by atoms with E-state index < -0.39 is 55.6 Å². The summed E-state index contributed by atoms with van der Waals surface area (Å²) in [4.78, 5) is 48.4. The summed E-state index contributed by atoms with van der Waals surface area (Å²) in [6.45, 7) is -0.560. The monoisotopic (exact) mass is 728 g/mol. The topological polar surface area (TPSA) is 251 Å². The molecule has 9 N–H and O–H groups in total. The quantitative estimate of drug-likeness (QED) is 0.0631. The van der Waals surface area contributed by atoms with E-state index in [9.17, 15) is 39.6 Å². The molecule has 5 atom stereocenters. The van der Waals surface area contributed by atoms with Gasteiger partial charge in [0.2, 0.25) is 17.7 Å². The van der Waals surface area contributed by atoms with Crippen molar-refractivity contribution < 1.29 is 49.4 Å². The number of carbonyl (C=O) groups excluding carboxylic acids is 4. The van der Waals surface area contributed by atoms with Crippen LogP contribution in [-0.2, 0) is 19.1 Å². The summed E-state index contributed by atoms with van der Waals surface area (Å²) in [5, 5.41) is 66.5. The molecule has 0 aliphatic carbocycles. The summed E-state index contributed by atoms with van der Waals surface area (Å²) in [5.41, 5.74) is 1.96. The Morgan fingerprint density at radius 1 is 0.635 bits per heavy atom. The summed E-state index contributed by atoms with van der Waals surface area (Å²) in [7, 11) is 0. The number of aliphatic hydroxyl groups excluding tert-OH is 5. The van der Waals surface area contributed by atoms with Gasteiger partial charge >= 0.3 is 0 Å². The maximum atomic E-state index is 12.5. The Hall–Kier alpha value is -4.32. The van der Waals surface area contributed by atoms with Crippen LogP contribution in [0.15, 0.2) is 58.8 Å². The number of carbonyl (C=O) groups is 4. The Labute approximate surface area is 303 Å². The van der Waals surface area contributed by atoms with E-state index in [1.807, 2.05) is 0 Å². The number of nitrogens with one attached hydrogen (secondary N) is 4. The fourth-order valence-corrected chi connectivity index (χ4v) is 5.39. The predicted molar refractivity (Wildman–Crippen MR) is 191 cm³/mol. The Morgan fingerprint density at radius 2 is 1.21 bits per heavy atom. The first-order valence-corrected chi connectivity index (χ1v) is 17.8. The van der Waals surface area contributed by atoms with E-state index in [4.69, 9.17) is 9.84 Å². The van der Waals surface area contributed by atoms with Gasteiger partial charge in [-0.3, -0.25) is 19.2 Å². The normalized spacial score (nSPS) is 20.0. The zero-order valence-corrected chi connectivity index (χ0v) is 29.3. The molecule has 4 amide bonds. The molecule has 0 radical (unpaired) electrons. The molecule has 286 valence electrons. The second kappa shape index (κ2) is 23.3. The molecule has 16 nitrogen and oxygen atoms in total. The van der Waals surface area contributed by atoms with Gasteiger partial charge < -0.3 is 51.5 Å². The number of anilines is 1. The summed E-state index contributed by atoms with van der Waals surface area (Å²) in [6.07, 6.45) is 2.77. The zero-order valence-electron chi connectivity index (χ0n) is 29.3. The Morgan fingerprint density at radius 3 is 1.81 bits per heavy atom. The molecule has 52 heavy (non-hydrogen) atoms. The number of benzene rings is 2. The van der Waals surface area contributed by atoms with Crippen LogP contribution in [0.25, 0.3) is 0 Å². The van der Waals surface area contributed by atoms with Crippen molar-refractivity contribution in [3.05, 3.63) is 54.1 Å². The first-order chi connectivity index (χ1) is 25.1. The Balaban J connectivity index is 1.27. The maximum absolute atomic E-state index is 12.5. The minimum atomic E-state index is -1.64. The highest BCUT2D eigenvalue weighted by Gasteiger charge is 2.43. The first-order valence-electron chi connectivity index (χ1n) is 17.8. The number of amides is 4. The number of azo groups is 1. The molecule has 1 heterocycles. The highest BCUT2D eigenvalue weighted by molar-refractivity contribution is 5.96. The van der Waals surface area contributed by atoms with Crippen LogP contribution in [-0.4, -0.2) is 106 Å². The van der Waals surface area contributed by atoms with Crippen LogP contribution in [0.3, 0.4) is 0 Å². The largest absolute Gasteiger partial charge is 0.396 e. The molecular formula is C36H52N6O10. The van der Waals surface area contributed by atoms with Crippen LogP contribution in [0, 0.1) is 0 Å². The molecule has 16 heteroatoms. The SMILES string of the molecule is O=C(CCO)NCCCCCCCCCCCC(=O)Nc1ccc(N=Nc2ccc(C(=O)NCC(=O)N[C@@H]3O[C@H](CO)[C@@H](O)[C@H](O)[C@H]3O)cc2)cc1. The fraction of sp³-hybridized carbons (Fsp3) is 0.556. The van der Waals surface area contributed by atoms with Crippen LogP contribution < -0.4 is 21.3 Å². The molecule has 1 saturated heterocycles. The number of unbranched alkanes of at least 4 members (excludes halogenated alkanes) is 8.